The molecule has 1 aliphatic heterocycles. The predicted molar refractivity (Wildman–Crippen MR) is 136 cm³/mol. The highest BCUT2D eigenvalue weighted by Crippen LogP contribution is 2.20. The van der Waals surface area contributed by atoms with Crippen LogP contribution in [0.25, 0.3) is 0 Å². The SMILES string of the molecule is CN=C(NCc1ccnc(N2CCN(c3ccc(F)cc3)CC2)c1)NC1CCCC1.I. The van der Waals surface area contributed by atoms with Gasteiger partial charge >= 0.3 is 0 Å². The second-order valence-electron chi connectivity index (χ2n) is 8.02. The van der Waals surface area contributed by atoms with E-state index < -0.39 is 0 Å². The summed E-state index contributed by atoms with van der Waals surface area (Å²) in [4.78, 5) is 13.6. The summed E-state index contributed by atoms with van der Waals surface area (Å²) in [5, 5.41) is 6.95. The average Bonchev–Trinajstić information content (AvgIpc) is 3.31. The Morgan fingerprint density at radius 2 is 1.74 bits per heavy atom. The molecular weight excluding hydrogens is 506 g/mol. The van der Waals surface area contributed by atoms with Crippen molar-refractivity contribution in [3.05, 3.63) is 54.0 Å². The number of nitrogens with zero attached hydrogens (tertiary/aromatic N) is 4. The molecule has 31 heavy (non-hydrogen) atoms. The van der Waals surface area contributed by atoms with Gasteiger partial charge in [0.2, 0.25) is 0 Å². The number of aromatic nitrogens is 1. The Bertz CT molecular complexity index is 845. The zero-order valence-corrected chi connectivity index (χ0v) is 20.4. The molecule has 0 radical (unpaired) electrons. The van der Waals surface area contributed by atoms with Gasteiger partial charge in [-0.1, -0.05) is 12.8 Å². The van der Waals surface area contributed by atoms with Crippen LogP contribution in [0.15, 0.2) is 47.6 Å². The molecule has 1 aromatic heterocycles. The van der Waals surface area contributed by atoms with Crippen LogP contribution in [0, 0.1) is 5.82 Å². The molecule has 0 spiro atoms. The average molecular weight is 538 g/mol. The van der Waals surface area contributed by atoms with Gasteiger partial charge in [-0.3, -0.25) is 4.99 Å². The fraction of sp³-hybridized carbons (Fsp3) is 0.478. The second kappa shape index (κ2) is 11.5. The van der Waals surface area contributed by atoms with Crippen LogP contribution >= 0.6 is 24.0 Å². The van der Waals surface area contributed by atoms with Gasteiger partial charge in [0, 0.05) is 57.7 Å². The second-order valence-corrected chi connectivity index (χ2v) is 8.02. The third-order valence-corrected chi connectivity index (χ3v) is 5.98. The van der Waals surface area contributed by atoms with Crippen molar-refractivity contribution in [1.29, 1.82) is 0 Å². The third-order valence-electron chi connectivity index (χ3n) is 5.98. The summed E-state index contributed by atoms with van der Waals surface area (Å²) in [6.45, 7) is 4.30. The van der Waals surface area contributed by atoms with E-state index >= 15 is 0 Å². The predicted octanol–water partition coefficient (Wildman–Crippen LogP) is 3.77. The summed E-state index contributed by atoms with van der Waals surface area (Å²) < 4.78 is 13.2. The van der Waals surface area contributed by atoms with Crippen LogP contribution < -0.4 is 20.4 Å². The first kappa shape index (κ1) is 23.6. The highest BCUT2D eigenvalue weighted by atomic mass is 127. The normalized spacial score (nSPS) is 17.4. The van der Waals surface area contributed by atoms with Gasteiger partial charge in [-0.15, -0.1) is 24.0 Å². The van der Waals surface area contributed by atoms with Crippen molar-refractivity contribution in [2.45, 2.75) is 38.3 Å². The summed E-state index contributed by atoms with van der Waals surface area (Å²) >= 11 is 0. The van der Waals surface area contributed by atoms with Crippen LogP contribution in [0.3, 0.4) is 0 Å². The molecule has 1 aromatic carbocycles. The van der Waals surface area contributed by atoms with Gasteiger partial charge in [0.15, 0.2) is 5.96 Å². The van der Waals surface area contributed by atoms with Crippen LogP contribution in [-0.2, 0) is 6.54 Å². The van der Waals surface area contributed by atoms with Gasteiger partial charge in [0.1, 0.15) is 11.6 Å². The van der Waals surface area contributed by atoms with E-state index in [9.17, 15) is 4.39 Å². The Kier molecular flexibility index (Phi) is 8.74. The lowest BCUT2D eigenvalue weighted by Gasteiger charge is -2.36. The zero-order valence-electron chi connectivity index (χ0n) is 18.1. The topological polar surface area (TPSA) is 55.8 Å². The number of nitrogens with one attached hydrogen (secondary N) is 2. The number of anilines is 2. The maximum atomic E-state index is 13.2. The van der Waals surface area contributed by atoms with Crippen LogP contribution in [0.1, 0.15) is 31.2 Å². The van der Waals surface area contributed by atoms with Crippen molar-refractivity contribution in [2.75, 3.05) is 43.0 Å². The molecule has 1 aliphatic carbocycles. The van der Waals surface area contributed by atoms with Crippen molar-refractivity contribution in [1.82, 2.24) is 15.6 Å². The lowest BCUT2D eigenvalue weighted by Crippen LogP contribution is -2.46. The first-order valence-corrected chi connectivity index (χ1v) is 10.9. The lowest BCUT2D eigenvalue weighted by molar-refractivity contribution is 0.613. The third kappa shape index (κ3) is 6.44. The fourth-order valence-corrected chi connectivity index (χ4v) is 4.23. The molecule has 2 fully saturated rings. The largest absolute Gasteiger partial charge is 0.368 e. The standard InChI is InChI=1S/C23H31FN6.HI/c1-25-23(28-20-4-2-3-5-20)27-17-18-10-11-26-22(16-18)30-14-12-29(13-15-30)21-8-6-19(24)7-9-21;/h6-11,16,20H,2-5,12-15,17H2,1H3,(H2,25,27,28);1H. The highest BCUT2D eigenvalue weighted by Gasteiger charge is 2.19. The fourth-order valence-electron chi connectivity index (χ4n) is 4.23. The molecule has 0 bridgehead atoms. The van der Waals surface area contributed by atoms with Gasteiger partial charge in [-0.05, 0) is 54.8 Å². The molecule has 168 valence electrons. The summed E-state index contributed by atoms with van der Waals surface area (Å²) in [5.41, 5.74) is 2.26. The molecular formula is C23H32FIN6. The number of rotatable bonds is 5. The number of hydrogen-bond donors (Lipinski definition) is 2. The minimum absolute atomic E-state index is 0. The van der Waals surface area contributed by atoms with Crippen molar-refractivity contribution >= 4 is 41.4 Å². The Hall–Kier alpha value is -2.10. The molecule has 6 nitrogen and oxygen atoms in total. The first-order chi connectivity index (χ1) is 14.7. The number of piperazine rings is 1. The number of pyridine rings is 1. The van der Waals surface area contributed by atoms with E-state index in [4.69, 9.17) is 0 Å². The molecule has 0 unspecified atom stereocenters. The molecule has 0 atom stereocenters. The molecule has 8 heteroatoms. The zero-order chi connectivity index (χ0) is 20.8. The molecule has 1 saturated carbocycles. The van der Waals surface area contributed by atoms with Gasteiger partial charge in [0.05, 0.1) is 0 Å². The summed E-state index contributed by atoms with van der Waals surface area (Å²) in [6.07, 6.45) is 6.94. The van der Waals surface area contributed by atoms with Gasteiger partial charge in [-0.25, -0.2) is 9.37 Å². The Balaban J connectivity index is 0.00000272. The van der Waals surface area contributed by atoms with Crippen LogP contribution in [0.2, 0.25) is 0 Å². The van der Waals surface area contributed by atoms with E-state index in [1.165, 1.54) is 43.4 Å². The van der Waals surface area contributed by atoms with Gasteiger partial charge < -0.3 is 20.4 Å². The molecule has 2 N–H and O–H groups in total. The van der Waals surface area contributed by atoms with E-state index in [2.05, 4.69) is 36.5 Å². The van der Waals surface area contributed by atoms with E-state index in [0.717, 1.165) is 50.2 Å². The molecule has 2 aromatic rings. The summed E-state index contributed by atoms with van der Waals surface area (Å²) in [7, 11) is 1.82. The van der Waals surface area contributed by atoms with Crippen molar-refractivity contribution in [3.8, 4) is 0 Å². The number of halogens is 2. The molecule has 1 saturated heterocycles. The summed E-state index contributed by atoms with van der Waals surface area (Å²) in [6, 6.07) is 11.5. The van der Waals surface area contributed by atoms with Crippen LogP contribution in [-0.4, -0.2) is 50.2 Å². The highest BCUT2D eigenvalue weighted by molar-refractivity contribution is 14.0. The van der Waals surface area contributed by atoms with E-state index in [0.29, 0.717) is 6.04 Å². The lowest BCUT2D eigenvalue weighted by atomic mass is 10.2. The Morgan fingerprint density at radius 1 is 1.06 bits per heavy atom. The molecule has 4 rings (SSSR count). The maximum Gasteiger partial charge on any atom is 0.191 e. The van der Waals surface area contributed by atoms with E-state index in [1.807, 2.05) is 31.4 Å². The number of hydrogen-bond acceptors (Lipinski definition) is 4. The molecule has 0 amide bonds. The maximum absolute atomic E-state index is 13.2. The van der Waals surface area contributed by atoms with Crippen molar-refractivity contribution < 1.29 is 4.39 Å². The van der Waals surface area contributed by atoms with E-state index in [-0.39, 0.29) is 29.8 Å². The minimum Gasteiger partial charge on any atom is -0.368 e. The van der Waals surface area contributed by atoms with Crippen molar-refractivity contribution in [2.24, 2.45) is 4.99 Å². The van der Waals surface area contributed by atoms with Crippen LogP contribution in [0.4, 0.5) is 15.9 Å². The Labute approximate surface area is 201 Å². The smallest absolute Gasteiger partial charge is 0.191 e. The minimum atomic E-state index is -0.193. The number of benzene rings is 1. The van der Waals surface area contributed by atoms with Gasteiger partial charge in [0.25, 0.3) is 0 Å². The number of guanidine groups is 1. The van der Waals surface area contributed by atoms with E-state index in [1.54, 1.807) is 0 Å². The Morgan fingerprint density at radius 3 is 2.42 bits per heavy atom. The number of aliphatic imine (C=N–C) groups is 1. The van der Waals surface area contributed by atoms with Crippen molar-refractivity contribution in [3.63, 3.8) is 0 Å². The summed E-state index contributed by atoms with van der Waals surface area (Å²) in [5.74, 6) is 1.68. The quantitative estimate of drug-likeness (QED) is 0.345. The first-order valence-electron chi connectivity index (χ1n) is 10.9. The molecule has 2 aliphatic rings. The monoisotopic (exact) mass is 538 g/mol. The van der Waals surface area contributed by atoms with Gasteiger partial charge in [-0.2, -0.15) is 0 Å². The van der Waals surface area contributed by atoms with Crippen LogP contribution in [0.5, 0.6) is 0 Å². The molecule has 2 heterocycles.